The van der Waals surface area contributed by atoms with Crippen LogP contribution in [0.25, 0.3) is 0 Å². The predicted octanol–water partition coefficient (Wildman–Crippen LogP) is 0.753. The largest absolute Gasteiger partial charge is 0.504 e. The number of aromatic nitrogens is 1. The molecule has 220 valence electrons. The standard InChI is InChI=1S/C27H30N4O5.CH4O3S/c28-24(33)16-2-1-10-29-21(16)25(34)30-17-7-8-27(35)19-12-15-5-6-18(32)22-20(15)26(27,23(17)36-22)9-11-31(19)13-14-3-4-14;1-5(2,3)4/h1-2,5-6,10,14,17,19,23,32,35H,3-4,7-9,11-13H2,(H2,28,33)(H,30,34);1H3,(H,2,3,4)/t17-,19-,23+,26+,27-;/m1./s1. The summed E-state index contributed by atoms with van der Waals surface area (Å²) >= 11 is 0. The number of piperidine rings is 1. The highest BCUT2D eigenvalue weighted by Crippen LogP contribution is 2.65. The number of hydrogen-bond acceptors (Lipinski definition) is 9. The van der Waals surface area contributed by atoms with Crippen molar-refractivity contribution in [3.05, 3.63) is 52.8 Å². The van der Waals surface area contributed by atoms with Crippen molar-refractivity contribution in [1.29, 1.82) is 0 Å². The molecule has 5 aliphatic rings. The number of amides is 2. The summed E-state index contributed by atoms with van der Waals surface area (Å²) in [5.74, 6) is -0.0178. The minimum atomic E-state index is -3.67. The average molecular weight is 587 g/mol. The topological polar surface area (TPSA) is 192 Å². The van der Waals surface area contributed by atoms with Crippen LogP contribution in [-0.4, -0.2) is 88.0 Å². The lowest BCUT2D eigenvalue weighted by Gasteiger charge is -2.64. The highest BCUT2D eigenvalue weighted by molar-refractivity contribution is 7.85. The van der Waals surface area contributed by atoms with Gasteiger partial charge in [0.15, 0.2) is 11.5 Å². The lowest BCUT2D eigenvalue weighted by molar-refractivity contribution is -0.191. The quantitative estimate of drug-likeness (QED) is 0.312. The van der Waals surface area contributed by atoms with Crippen LogP contribution < -0.4 is 15.8 Å². The van der Waals surface area contributed by atoms with E-state index >= 15 is 0 Å². The maximum atomic E-state index is 13.3. The molecular formula is C28H34N4O8S. The summed E-state index contributed by atoms with van der Waals surface area (Å²) in [6.07, 6.45) is 6.53. The molecule has 3 fully saturated rings. The first kappa shape index (κ1) is 27.9. The summed E-state index contributed by atoms with van der Waals surface area (Å²) in [7, 11) is -3.67. The normalized spacial score (nSPS) is 31.2. The number of nitrogens with two attached hydrogens (primary N) is 1. The number of nitrogens with zero attached hydrogens (tertiary/aromatic N) is 2. The van der Waals surface area contributed by atoms with E-state index in [4.69, 9.17) is 15.0 Å². The lowest BCUT2D eigenvalue weighted by Crippen LogP contribution is -2.78. The summed E-state index contributed by atoms with van der Waals surface area (Å²) < 4.78 is 32.3. The van der Waals surface area contributed by atoms with Crippen molar-refractivity contribution < 1.29 is 37.5 Å². The van der Waals surface area contributed by atoms with Gasteiger partial charge in [-0.05, 0) is 74.8 Å². The number of aromatic hydroxyl groups is 1. The Kier molecular flexibility index (Phi) is 6.56. The number of primary amides is 1. The van der Waals surface area contributed by atoms with E-state index in [1.54, 1.807) is 12.1 Å². The Morgan fingerprint density at radius 3 is 2.63 bits per heavy atom. The van der Waals surface area contributed by atoms with Crippen molar-refractivity contribution in [3.8, 4) is 11.5 Å². The molecule has 1 aromatic heterocycles. The number of nitrogens with one attached hydrogen (secondary N) is 1. The number of carbonyl (C=O) groups is 2. The third kappa shape index (κ3) is 4.55. The molecule has 41 heavy (non-hydrogen) atoms. The minimum absolute atomic E-state index is 0.0249. The number of likely N-dealkylation sites (tertiary alicyclic amines) is 1. The van der Waals surface area contributed by atoms with Gasteiger partial charge in [-0.2, -0.15) is 8.42 Å². The fraction of sp³-hybridized carbons (Fsp3) is 0.536. The minimum Gasteiger partial charge on any atom is -0.504 e. The van der Waals surface area contributed by atoms with Crippen LogP contribution in [0.2, 0.25) is 0 Å². The van der Waals surface area contributed by atoms with Gasteiger partial charge in [0.05, 0.1) is 28.9 Å². The zero-order valence-electron chi connectivity index (χ0n) is 22.6. The number of aliphatic hydroxyl groups is 1. The number of hydrogen-bond donors (Lipinski definition) is 5. The van der Waals surface area contributed by atoms with E-state index in [1.807, 2.05) is 6.07 Å². The molecule has 3 heterocycles. The van der Waals surface area contributed by atoms with Crippen molar-refractivity contribution in [2.75, 3.05) is 19.3 Å². The summed E-state index contributed by atoms with van der Waals surface area (Å²) in [5.41, 5.74) is 5.76. The van der Waals surface area contributed by atoms with Gasteiger partial charge in [0.2, 0.25) is 0 Å². The van der Waals surface area contributed by atoms with Gasteiger partial charge in [-0.25, -0.2) is 0 Å². The van der Waals surface area contributed by atoms with Gasteiger partial charge in [0.1, 0.15) is 11.8 Å². The third-order valence-electron chi connectivity index (χ3n) is 9.37. The molecule has 2 aliphatic heterocycles. The van der Waals surface area contributed by atoms with Gasteiger partial charge in [-0.15, -0.1) is 0 Å². The second-order valence-electron chi connectivity index (χ2n) is 11.9. The maximum absolute atomic E-state index is 13.3. The summed E-state index contributed by atoms with van der Waals surface area (Å²) in [6, 6.07) is 6.22. The molecule has 2 amide bonds. The second-order valence-corrected chi connectivity index (χ2v) is 13.4. The Labute approximate surface area is 237 Å². The molecule has 6 N–H and O–H groups in total. The van der Waals surface area contributed by atoms with Crippen LogP contribution in [-0.2, 0) is 22.0 Å². The molecule has 12 nitrogen and oxygen atoms in total. The molecule has 1 aromatic carbocycles. The van der Waals surface area contributed by atoms with Crippen LogP contribution in [0.1, 0.15) is 64.1 Å². The van der Waals surface area contributed by atoms with Crippen LogP contribution >= 0.6 is 0 Å². The Bertz CT molecular complexity index is 1520. The van der Waals surface area contributed by atoms with Crippen molar-refractivity contribution in [3.63, 3.8) is 0 Å². The molecule has 2 saturated carbocycles. The predicted molar refractivity (Wildman–Crippen MR) is 146 cm³/mol. The van der Waals surface area contributed by atoms with E-state index in [2.05, 4.69) is 15.2 Å². The molecule has 1 saturated heterocycles. The number of phenolic OH excluding ortho intramolecular Hbond substituents is 1. The van der Waals surface area contributed by atoms with Crippen molar-refractivity contribution in [1.82, 2.24) is 15.2 Å². The van der Waals surface area contributed by atoms with Crippen LogP contribution in [0, 0.1) is 5.92 Å². The number of benzene rings is 1. The Morgan fingerprint density at radius 1 is 1.22 bits per heavy atom. The molecule has 2 bridgehead atoms. The zero-order valence-corrected chi connectivity index (χ0v) is 23.4. The number of rotatable bonds is 5. The van der Waals surface area contributed by atoms with E-state index in [-0.39, 0.29) is 23.0 Å². The monoisotopic (exact) mass is 586 g/mol. The van der Waals surface area contributed by atoms with Gasteiger partial charge < -0.3 is 26.0 Å². The highest BCUT2D eigenvalue weighted by atomic mass is 32.2. The molecular weight excluding hydrogens is 552 g/mol. The number of phenols is 1. The fourth-order valence-corrected chi connectivity index (χ4v) is 7.65. The number of carbonyl (C=O) groups excluding carboxylic acids is 2. The average Bonchev–Trinajstić information content (AvgIpc) is 3.64. The number of ether oxygens (including phenoxy) is 1. The number of pyridine rings is 1. The fourth-order valence-electron chi connectivity index (χ4n) is 7.65. The van der Waals surface area contributed by atoms with Gasteiger partial charge in [0.25, 0.3) is 21.9 Å². The zero-order chi connectivity index (χ0) is 29.3. The van der Waals surface area contributed by atoms with Crippen molar-refractivity contribution >= 4 is 21.9 Å². The Balaban J connectivity index is 0.000000559. The molecule has 7 rings (SSSR count). The summed E-state index contributed by atoms with van der Waals surface area (Å²) in [6.45, 7) is 1.84. The molecule has 0 unspecified atom stereocenters. The molecule has 0 radical (unpaired) electrons. The maximum Gasteiger partial charge on any atom is 0.271 e. The van der Waals surface area contributed by atoms with Gasteiger partial charge in [0, 0.05) is 24.3 Å². The molecule has 5 atom stereocenters. The molecule has 2 aromatic rings. The van der Waals surface area contributed by atoms with Crippen molar-refractivity contribution in [2.24, 2.45) is 11.7 Å². The van der Waals surface area contributed by atoms with Gasteiger partial charge in [-0.3, -0.25) is 24.0 Å². The Hall–Kier alpha value is -3.26. The SMILES string of the molecule is CS(=O)(=O)O.NC(=O)c1cccnc1C(=O)N[C@@H]1CC[C@@]2(O)[C@H]3Cc4ccc(O)c5c4[C@@]2(CCN3CC2CC2)[C@H]1O5. The van der Waals surface area contributed by atoms with E-state index < -0.39 is 45.1 Å². The van der Waals surface area contributed by atoms with Crippen molar-refractivity contribution in [2.45, 2.75) is 67.7 Å². The Morgan fingerprint density at radius 2 is 1.95 bits per heavy atom. The third-order valence-corrected chi connectivity index (χ3v) is 9.37. The first-order chi connectivity index (χ1) is 19.3. The van der Waals surface area contributed by atoms with E-state index in [1.165, 1.54) is 25.1 Å². The molecule has 1 spiro atoms. The van der Waals surface area contributed by atoms with Crippen LogP contribution in [0.15, 0.2) is 30.5 Å². The van der Waals surface area contributed by atoms with E-state index in [0.29, 0.717) is 37.2 Å². The highest BCUT2D eigenvalue weighted by Gasteiger charge is 2.73. The summed E-state index contributed by atoms with van der Waals surface area (Å²) in [4.78, 5) is 31.8. The lowest BCUT2D eigenvalue weighted by atomic mass is 9.48. The summed E-state index contributed by atoms with van der Waals surface area (Å²) in [5, 5.41) is 26.3. The first-order valence-corrected chi connectivity index (χ1v) is 15.6. The van der Waals surface area contributed by atoms with E-state index in [0.717, 1.165) is 30.6 Å². The van der Waals surface area contributed by atoms with Crippen LogP contribution in [0.4, 0.5) is 0 Å². The van der Waals surface area contributed by atoms with Crippen LogP contribution in [0.5, 0.6) is 11.5 Å². The smallest absolute Gasteiger partial charge is 0.271 e. The van der Waals surface area contributed by atoms with E-state index in [9.17, 15) is 28.2 Å². The van der Waals surface area contributed by atoms with Gasteiger partial charge >= 0.3 is 0 Å². The first-order valence-electron chi connectivity index (χ1n) is 13.8. The molecule has 3 aliphatic carbocycles. The molecule has 13 heteroatoms. The van der Waals surface area contributed by atoms with Crippen LogP contribution in [0.3, 0.4) is 0 Å². The van der Waals surface area contributed by atoms with Gasteiger partial charge in [-0.1, -0.05) is 6.07 Å². The second kappa shape index (κ2) is 9.65.